The smallest absolute Gasteiger partial charge is 0.137 e. The quantitative estimate of drug-likeness (QED) is 0.821. The molecule has 0 unspecified atom stereocenters. The van der Waals surface area contributed by atoms with E-state index in [9.17, 15) is 0 Å². The van der Waals surface area contributed by atoms with Crippen molar-refractivity contribution < 1.29 is 0 Å². The van der Waals surface area contributed by atoms with E-state index in [1.165, 1.54) is 19.3 Å². The predicted molar refractivity (Wildman–Crippen MR) is 85.2 cm³/mol. The second-order valence-corrected chi connectivity index (χ2v) is 7.96. The van der Waals surface area contributed by atoms with Gasteiger partial charge in [0.05, 0.1) is 0 Å². The monoisotopic (exact) mass is 295 g/mol. The number of hydrogen-bond donors (Lipinski definition) is 1. The van der Waals surface area contributed by atoms with Gasteiger partial charge in [0.25, 0.3) is 0 Å². The first-order valence-electron chi connectivity index (χ1n) is 7.48. The van der Waals surface area contributed by atoms with Crippen LogP contribution in [0, 0.1) is 10.8 Å². The van der Waals surface area contributed by atoms with Crippen LogP contribution in [0.3, 0.4) is 0 Å². The Labute approximate surface area is 127 Å². The fourth-order valence-corrected chi connectivity index (χ4v) is 4.24. The maximum absolute atomic E-state index is 6.17. The van der Waals surface area contributed by atoms with Gasteiger partial charge < -0.3 is 5.32 Å². The normalized spacial score (nSPS) is 21.7. The van der Waals surface area contributed by atoms with E-state index in [4.69, 9.17) is 11.6 Å². The Morgan fingerprint density at radius 3 is 2.35 bits per heavy atom. The van der Waals surface area contributed by atoms with Crippen molar-refractivity contribution >= 4 is 17.4 Å². The van der Waals surface area contributed by atoms with E-state index in [0.29, 0.717) is 22.0 Å². The van der Waals surface area contributed by atoms with E-state index in [1.807, 2.05) is 0 Å². The summed E-state index contributed by atoms with van der Waals surface area (Å²) in [4.78, 5) is 8.47. The molecule has 1 aromatic heterocycles. The van der Waals surface area contributed by atoms with Crippen LogP contribution < -0.4 is 5.32 Å². The van der Waals surface area contributed by atoms with Crippen LogP contribution in [0.5, 0.6) is 0 Å². The zero-order valence-corrected chi connectivity index (χ0v) is 14.0. The number of rotatable bonds is 3. The van der Waals surface area contributed by atoms with Crippen LogP contribution in [0.2, 0.25) is 5.15 Å². The van der Waals surface area contributed by atoms with E-state index in [1.54, 1.807) is 6.33 Å². The van der Waals surface area contributed by atoms with Gasteiger partial charge >= 0.3 is 0 Å². The molecule has 1 aromatic rings. The third kappa shape index (κ3) is 3.63. The predicted octanol–water partition coefficient (Wildman–Crippen LogP) is 4.71. The zero-order valence-electron chi connectivity index (χ0n) is 13.3. The maximum atomic E-state index is 6.17. The lowest BCUT2D eigenvalue weighted by Gasteiger charge is -2.45. The molecule has 0 saturated heterocycles. The number of hydrogen-bond acceptors (Lipinski definition) is 3. The van der Waals surface area contributed by atoms with Crippen LogP contribution in [-0.2, 0) is 6.42 Å². The van der Waals surface area contributed by atoms with Gasteiger partial charge in [0.15, 0.2) is 0 Å². The van der Waals surface area contributed by atoms with Gasteiger partial charge in [0.2, 0.25) is 0 Å². The van der Waals surface area contributed by atoms with Gasteiger partial charge in [-0.25, -0.2) is 9.97 Å². The summed E-state index contributed by atoms with van der Waals surface area (Å²) >= 11 is 6.17. The Morgan fingerprint density at radius 2 is 1.80 bits per heavy atom. The molecule has 20 heavy (non-hydrogen) atoms. The lowest BCUT2D eigenvalue weighted by molar-refractivity contribution is 0.105. The molecule has 0 aromatic carbocycles. The lowest BCUT2D eigenvalue weighted by Crippen LogP contribution is -2.40. The summed E-state index contributed by atoms with van der Waals surface area (Å²) in [5, 5.41) is 4.19. The van der Waals surface area contributed by atoms with Crippen molar-refractivity contribution in [1.82, 2.24) is 9.97 Å². The molecule has 0 bridgehead atoms. The van der Waals surface area contributed by atoms with E-state index in [-0.39, 0.29) is 0 Å². The Bertz CT molecular complexity index is 467. The van der Waals surface area contributed by atoms with Crippen molar-refractivity contribution in [3.8, 4) is 0 Å². The van der Waals surface area contributed by atoms with Crippen LogP contribution >= 0.6 is 11.6 Å². The van der Waals surface area contributed by atoms with Crippen molar-refractivity contribution in [3.63, 3.8) is 0 Å². The highest BCUT2D eigenvalue weighted by molar-refractivity contribution is 6.30. The molecule has 0 radical (unpaired) electrons. The molecule has 0 atom stereocenters. The number of halogens is 1. The lowest BCUT2D eigenvalue weighted by atomic mass is 9.63. The van der Waals surface area contributed by atoms with Crippen molar-refractivity contribution in [2.75, 3.05) is 5.32 Å². The molecule has 0 spiro atoms. The fraction of sp³-hybridized carbons (Fsp3) is 0.750. The van der Waals surface area contributed by atoms with Crippen LogP contribution in [0.1, 0.15) is 59.4 Å². The average Bonchev–Trinajstić information content (AvgIpc) is 2.24. The van der Waals surface area contributed by atoms with Crippen molar-refractivity contribution in [1.29, 1.82) is 0 Å². The topological polar surface area (TPSA) is 37.8 Å². The third-order valence-corrected chi connectivity index (χ3v) is 4.47. The van der Waals surface area contributed by atoms with E-state index in [2.05, 4.69) is 49.9 Å². The second kappa shape index (κ2) is 5.51. The van der Waals surface area contributed by atoms with E-state index in [0.717, 1.165) is 17.8 Å². The molecule has 1 fully saturated rings. The summed E-state index contributed by atoms with van der Waals surface area (Å²) in [5.74, 6) is 0.908. The van der Waals surface area contributed by atoms with Crippen molar-refractivity contribution in [3.05, 3.63) is 17.0 Å². The molecule has 2 rings (SSSR count). The summed E-state index contributed by atoms with van der Waals surface area (Å²) in [7, 11) is 0. The summed E-state index contributed by atoms with van der Waals surface area (Å²) < 4.78 is 0. The molecule has 0 amide bonds. The van der Waals surface area contributed by atoms with E-state index < -0.39 is 0 Å². The van der Waals surface area contributed by atoms with Crippen molar-refractivity contribution in [2.45, 2.75) is 66.3 Å². The minimum atomic E-state index is 0.364. The molecule has 0 aliphatic heterocycles. The van der Waals surface area contributed by atoms with Crippen LogP contribution in [-0.4, -0.2) is 16.0 Å². The van der Waals surface area contributed by atoms with Crippen LogP contribution in [0.15, 0.2) is 6.33 Å². The highest BCUT2D eigenvalue weighted by atomic mass is 35.5. The molecule has 112 valence electrons. The number of nitrogens with zero attached hydrogens (tertiary/aromatic N) is 2. The molecule has 1 N–H and O–H groups in total. The number of nitrogens with one attached hydrogen (secondary N) is 1. The molecule has 1 heterocycles. The second-order valence-electron chi connectivity index (χ2n) is 7.60. The number of anilines is 1. The van der Waals surface area contributed by atoms with Gasteiger partial charge in [-0.2, -0.15) is 0 Å². The van der Waals surface area contributed by atoms with Gasteiger partial charge in [0.1, 0.15) is 17.3 Å². The molecule has 4 heteroatoms. The SMILES string of the molecule is CCc1c(Cl)ncnc1NC1CC(C)(C)CC(C)(C)C1. The van der Waals surface area contributed by atoms with Crippen molar-refractivity contribution in [2.24, 2.45) is 10.8 Å². The van der Waals surface area contributed by atoms with Gasteiger partial charge in [0, 0.05) is 11.6 Å². The molecular formula is C16H26ClN3. The summed E-state index contributed by atoms with van der Waals surface area (Å²) in [6.07, 6.45) is 6.00. The van der Waals surface area contributed by atoms with Gasteiger partial charge in [-0.15, -0.1) is 0 Å². The zero-order chi connectivity index (χ0) is 15.0. The molecule has 3 nitrogen and oxygen atoms in total. The first-order chi connectivity index (χ1) is 9.22. The first kappa shape index (κ1) is 15.6. The van der Waals surface area contributed by atoms with Gasteiger partial charge in [-0.1, -0.05) is 46.2 Å². The first-order valence-corrected chi connectivity index (χ1v) is 7.86. The highest BCUT2D eigenvalue weighted by Gasteiger charge is 2.38. The standard InChI is InChI=1S/C16H26ClN3/c1-6-12-13(17)18-10-19-14(12)20-11-7-15(2,3)9-16(4,5)8-11/h10-11H,6-9H2,1-5H3,(H,18,19,20). The Kier molecular flexibility index (Phi) is 4.29. The molecule has 1 saturated carbocycles. The summed E-state index contributed by atoms with van der Waals surface area (Å²) in [6, 6.07) is 0.449. The third-order valence-electron chi connectivity index (χ3n) is 4.14. The van der Waals surface area contributed by atoms with Gasteiger partial charge in [-0.3, -0.25) is 0 Å². The molecule has 1 aliphatic rings. The Hall–Kier alpha value is -0.830. The summed E-state index contributed by atoms with van der Waals surface area (Å²) in [6.45, 7) is 11.5. The summed E-state index contributed by atoms with van der Waals surface area (Å²) in [5.41, 5.74) is 1.75. The maximum Gasteiger partial charge on any atom is 0.137 e. The highest BCUT2D eigenvalue weighted by Crippen LogP contribution is 2.46. The van der Waals surface area contributed by atoms with E-state index >= 15 is 0 Å². The Morgan fingerprint density at radius 1 is 1.20 bits per heavy atom. The van der Waals surface area contributed by atoms with Crippen LogP contribution in [0.4, 0.5) is 5.82 Å². The number of aromatic nitrogens is 2. The average molecular weight is 296 g/mol. The largest absolute Gasteiger partial charge is 0.367 e. The van der Waals surface area contributed by atoms with Gasteiger partial charge in [-0.05, 0) is 36.5 Å². The molecule has 1 aliphatic carbocycles. The minimum absolute atomic E-state index is 0.364. The fourth-order valence-electron chi connectivity index (χ4n) is 3.97. The molecular weight excluding hydrogens is 270 g/mol. The van der Waals surface area contributed by atoms with Crippen LogP contribution in [0.25, 0.3) is 0 Å². The minimum Gasteiger partial charge on any atom is -0.367 e. The Balaban J connectivity index is 2.20.